The number of piperidine rings is 1. The van der Waals surface area contributed by atoms with Crippen molar-refractivity contribution in [3.8, 4) is 11.1 Å². The van der Waals surface area contributed by atoms with Crippen LogP contribution < -0.4 is 32.3 Å². The second-order valence-corrected chi connectivity index (χ2v) is 14.4. The van der Waals surface area contributed by atoms with Gasteiger partial charge in [-0.15, -0.1) is 0 Å². The van der Waals surface area contributed by atoms with Crippen molar-refractivity contribution in [3.05, 3.63) is 101 Å². The largest absolute Gasteiger partial charge is 0.393 e. The van der Waals surface area contributed by atoms with Gasteiger partial charge >= 0.3 is 0 Å². The van der Waals surface area contributed by atoms with Crippen LogP contribution in [0.3, 0.4) is 0 Å². The molecule has 6 heterocycles. The average Bonchev–Trinajstić information content (AvgIpc) is 3.60. The Morgan fingerprint density at radius 3 is 2.44 bits per heavy atom. The Bertz CT molecular complexity index is 2200. The summed E-state index contributed by atoms with van der Waals surface area (Å²) < 4.78 is 2.01. The normalized spacial score (nSPS) is 18.1. The lowest BCUT2D eigenvalue weighted by Gasteiger charge is -2.42. The number of amides is 2. The summed E-state index contributed by atoms with van der Waals surface area (Å²) in [6.45, 7) is 6.96. The van der Waals surface area contributed by atoms with Crippen molar-refractivity contribution in [3.63, 3.8) is 0 Å². The van der Waals surface area contributed by atoms with Crippen LogP contribution in [0.4, 0.5) is 17.2 Å². The smallest absolute Gasteiger partial charge is 0.272 e. The van der Waals surface area contributed by atoms with Crippen molar-refractivity contribution in [2.45, 2.75) is 44.7 Å². The Balaban J connectivity index is 1.14. The third kappa shape index (κ3) is 7.32. The number of fused-ring (bicyclic) bond motifs is 3. The molecule has 2 amide bonds. The maximum absolute atomic E-state index is 13.1. The number of nitrogens with zero attached hydrogens (tertiary/aromatic N) is 8. The topological polar surface area (TPSA) is 206 Å². The number of pyridine rings is 1. The molecule has 2 fully saturated rings. The lowest BCUT2D eigenvalue weighted by molar-refractivity contribution is -0.117. The molecule has 16 nitrogen and oxygen atoms in total. The zero-order valence-electron chi connectivity index (χ0n) is 31.7. The molecule has 286 valence electrons. The summed E-state index contributed by atoms with van der Waals surface area (Å²) in [7, 11) is 5.65. The van der Waals surface area contributed by atoms with E-state index < -0.39 is 5.91 Å². The number of aryl methyl sites for hydroxylation is 1. The van der Waals surface area contributed by atoms with E-state index in [1.807, 2.05) is 49.1 Å². The molecular weight excluding hydrogens is 699 g/mol. The molecule has 7 rings (SSSR count). The minimum atomic E-state index is -0.468. The zero-order chi connectivity index (χ0) is 39.0. The third-order valence-corrected chi connectivity index (χ3v) is 10.7. The van der Waals surface area contributed by atoms with Crippen molar-refractivity contribution in [1.29, 1.82) is 0 Å². The Labute approximate surface area is 319 Å². The minimum absolute atomic E-state index is 0.0257. The van der Waals surface area contributed by atoms with Gasteiger partial charge in [0.05, 0.1) is 41.0 Å². The summed E-state index contributed by atoms with van der Waals surface area (Å²) in [5.74, 6) is 1.16. The molecule has 16 heteroatoms. The van der Waals surface area contributed by atoms with E-state index in [0.717, 1.165) is 60.0 Å². The SMILES string of the molecule is CNC(=O)/C(N)=C(/C=C(\N)Nc1cc(C)nc(C2CCN(C)CC2)n1)Nc1cccc2c1N(C)C(C)c1c-2cnn1C1CN(C(=O)c2cccc(C=O)n2)C1. The average molecular weight is 746 g/mol. The van der Waals surface area contributed by atoms with Gasteiger partial charge in [-0.05, 0) is 65.0 Å². The first kappa shape index (κ1) is 37.0. The van der Waals surface area contributed by atoms with Crippen LogP contribution >= 0.6 is 0 Å². The Hall–Kier alpha value is -6.29. The number of para-hydroxylation sites is 1. The van der Waals surface area contributed by atoms with Gasteiger partial charge in [0.1, 0.15) is 34.5 Å². The highest BCUT2D eigenvalue weighted by Gasteiger charge is 2.39. The fraction of sp³-hybridized carbons (Fsp3) is 0.359. The maximum atomic E-state index is 13.1. The number of anilines is 3. The Kier molecular flexibility index (Phi) is 10.2. The van der Waals surface area contributed by atoms with E-state index in [1.165, 1.54) is 7.05 Å². The number of allylic oxidation sites excluding steroid dienone is 1. The van der Waals surface area contributed by atoms with Gasteiger partial charge in [0, 0.05) is 62.1 Å². The fourth-order valence-corrected chi connectivity index (χ4v) is 7.51. The van der Waals surface area contributed by atoms with E-state index in [4.69, 9.17) is 26.5 Å². The predicted octanol–water partition coefficient (Wildman–Crippen LogP) is 3.11. The number of nitrogens with one attached hydrogen (secondary N) is 3. The molecule has 3 aromatic heterocycles. The number of likely N-dealkylation sites (tertiary alicyclic amines) is 2. The van der Waals surface area contributed by atoms with E-state index >= 15 is 0 Å². The highest BCUT2D eigenvalue weighted by Crippen LogP contribution is 2.48. The number of benzene rings is 1. The summed E-state index contributed by atoms with van der Waals surface area (Å²) in [5, 5.41) is 14.0. The van der Waals surface area contributed by atoms with Gasteiger partial charge in [-0.25, -0.2) is 15.0 Å². The molecule has 0 saturated carbocycles. The minimum Gasteiger partial charge on any atom is -0.393 e. The van der Waals surface area contributed by atoms with Crippen molar-refractivity contribution < 1.29 is 14.4 Å². The molecular formula is C39H47N13O3. The molecule has 1 aromatic carbocycles. The monoisotopic (exact) mass is 745 g/mol. The number of hydrogen-bond donors (Lipinski definition) is 5. The first-order valence-corrected chi connectivity index (χ1v) is 18.4. The Morgan fingerprint density at radius 1 is 0.964 bits per heavy atom. The van der Waals surface area contributed by atoms with Crippen molar-refractivity contribution in [2.24, 2.45) is 11.5 Å². The van der Waals surface area contributed by atoms with Gasteiger partial charge in [-0.2, -0.15) is 5.10 Å². The molecule has 1 unspecified atom stereocenters. The van der Waals surface area contributed by atoms with Gasteiger partial charge in [0.2, 0.25) is 0 Å². The molecule has 55 heavy (non-hydrogen) atoms. The van der Waals surface area contributed by atoms with Crippen LogP contribution in [0.1, 0.15) is 76.0 Å². The standard InChI is InChI=1S/C39H47N13O3/c1-22-16-33(48-37(44-22)24-12-14-49(4)15-13-24)47-32(40)17-31(34(41)38(54)42-3)46-29-10-7-9-27-28-18-43-52(35(28)23(2)50(5)36(27)29)26-19-51(20-26)39(55)30-11-6-8-25(21-53)45-30/h6-11,16-18,21,23-24,26,46H,12-15,19-20,40-41H2,1-5H3,(H,42,54)(H,44,47,48)/b32-17+,34-31+. The van der Waals surface area contributed by atoms with Crippen molar-refractivity contribution in [2.75, 3.05) is 62.9 Å². The lowest BCUT2D eigenvalue weighted by atomic mass is 9.93. The van der Waals surface area contributed by atoms with Gasteiger partial charge in [-0.1, -0.05) is 18.2 Å². The fourth-order valence-electron chi connectivity index (χ4n) is 7.51. The van der Waals surface area contributed by atoms with Crippen LogP contribution in [0.25, 0.3) is 11.1 Å². The molecule has 1 atom stereocenters. The molecule has 3 aliphatic rings. The molecule has 0 spiro atoms. The number of likely N-dealkylation sites (N-methyl/N-ethyl adjacent to an activating group) is 1. The number of carbonyl (C=O) groups excluding carboxylic acids is 3. The molecule has 0 radical (unpaired) electrons. The van der Waals surface area contributed by atoms with Gasteiger partial charge in [-0.3, -0.25) is 19.1 Å². The maximum Gasteiger partial charge on any atom is 0.272 e. The van der Waals surface area contributed by atoms with Crippen LogP contribution in [0.2, 0.25) is 0 Å². The second-order valence-electron chi connectivity index (χ2n) is 14.4. The number of nitrogens with two attached hydrogens (primary N) is 2. The van der Waals surface area contributed by atoms with Crippen molar-refractivity contribution >= 4 is 35.3 Å². The lowest BCUT2D eigenvalue weighted by Crippen LogP contribution is -2.52. The van der Waals surface area contributed by atoms with Crippen LogP contribution in [-0.4, -0.2) is 100.0 Å². The zero-order valence-corrected chi connectivity index (χ0v) is 31.7. The quantitative estimate of drug-likeness (QED) is 0.0901. The molecule has 7 N–H and O–H groups in total. The van der Waals surface area contributed by atoms with Crippen LogP contribution in [0.5, 0.6) is 0 Å². The van der Waals surface area contributed by atoms with E-state index in [2.05, 4.69) is 44.7 Å². The summed E-state index contributed by atoms with van der Waals surface area (Å²) >= 11 is 0. The first-order valence-electron chi connectivity index (χ1n) is 18.4. The first-order chi connectivity index (χ1) is 26.4. The molecule has 0 bridgehead atoms. The van der Waals surface area contributed by atoms with Crippen LogP contribution in [0.15, 0.2) is 72.0 Å². The van der Waals surface area contributed by atoms with E-state index in [9.17, 15) is 14.4 Å². The van der Waals surface area contributed by atoms with E-state index in [1.54, 1.807) is 29.2 Å². The summed E-state index contributed by atoms with van der Waals surface area (Å²) in [4.78, 5) is 57.1. The van der Waals surface area contributed by atoms with Gasteiger partial charge in [0.15, 0.2) is 6.29 Å². The number of aldehydes is 1. The number of hydrogen-bond acceptors (Lipinski definition) is 13. The summed E-state index contributed by atoms with van der Waals surface area (Å²) in [6, 6.07) is 12.4. The van der Waals surface area contributed by atoms with Crippen LogP contribution in [0, 0.1) is 6.92 Å². The number of carbonyl (C=O) groups is 3. The molecule has 3 aliphatic heterocycles. The second kappa shape index (κ2) is 15.2. The predicted molar refractivity (Wildman–Crippen MR) is 210 cm³/mol. The van der Waals surface area contributed by atoms with E-state index in [0.29, 0.717) is 36.6 Å². The van der Waals surface area contributed by atoms with E-state index in [-0.39, 0.29) is 46.8 Å². The number of rotatable bonds is 10. The Morgan fingerprint density at radius 2 is 1.71 bits per heavy atom. The van der Waals surface area contributed by atoms with Crippen LogP contribution in [-0.2, 0) is 4.79 Å². The van der Waals surface area contributed by atoms with Gasteiger partial charge < -0.3 is 42.1 Å². The molecule has 4 aromatic rings. The highest BCUT2D eigenvalue weighted by molar-refractivity contribution is 5.96. The third-order valence-electron chi connectivity index (χ3n) is 10.7. The molecule has 0 aliphatic carbocycles. The van der Waals surface area contributed by atoms with Crippen molar-refractivity contribution in [1.82, 2.24) is 39.8 Å². The summed E-state index contributed by atoms with van der Waals surface area (Å²) in [5.41, 5.74) is 19.1. The molecule has 2 saturated heterocycles. The summed E-state index contributed by atoms with van der Waals surface area (Å²) in [6.07, 6.45) is 6.06. The highest BCUT2D eigenvalue weighted by atomic mass is 16.2. The number of aromatic nitrogens is 5. The van der Waals surface area contributed by atoms with Gasteiger partial charge in [0.25, 0.3) is 11.8 Å².